The maximum Gasteiger partial charge on any atom is 0.258 e. The average Bonchev–Trinajstić information content (AvgIpc) is 4.11. The number of rotatable bonds is 15. The third-order valence-electron chi connectivity index (χ3n) is 13.3. The highest BCUT2D eigenvalue weighted by atomic mass is 35.5. The van der Waals surface area contributed by atoms with Gasteiger partial charge in [0.1, 0.15) is 40.8 Å². The first kappa shape index (κ1) is 50.0. The highest BCUT2D eigenvalue weighted by Crippen LogP contribution is 2.40. The number of oxazole rings is 1. The number of carbonyl (C=O) groups is 4. The number of nitrogens with zero attached hydrogens (tertiary/aromatic N) is 7. The van der Waals surface area contributed by atoms with E-state index in [-0.39, 0.29) is 44.0 Å². The van der Waals surface area contributed by atoms with Crippen LogP contribution >= 0.6 is 22.9 Å². The van der Waals surface area contributed by atoms with E-state index in [9.17, 15) is 24.3 Å². The van der Waals surface area contributed by atoms with Crippen molar-refractivity contribution in [2.24, 2.45) is 10.4 Å². The summed E-state index contributed by atoms with van der Waals surface area (Å²) >= 11 is 7.91. The lowest BCUT2D eigenvalue weighted by Gasteiger charge is -2.35. The first-order valence-electron chi connectivity index (χ1n) is 23.9. The van der Waals surface area contributed by atoms with Crippen LogP contribution in [-0.2, 0) is 25.7 Å². The number of aliphatic hydroxyl groups excluding tert-OH is 1. The van der Waals surface area contributed by atoms with Gasteiger partial charge in [0.05, 0.1) is 30.1 Å². The molecule has 9 rings (SSSR count). The van der Waals surface area contributed by atoms with E-state index in [0.29, 0.717) is 41.1 Å². The van der Waals surface area contributed by atoms with Crippen LogP contribution in [0.4, 0.5) is 0 Å². The number of nitrogens with one attached hydrogen (secondary N) is 3. The highest BCUT2D eigenvalue weighted by Gasteiger charge is 2.45. The number of ether oxygens (including phenoxy) is 2. The Morgan fingerprint density at radius 1 is 0.931 bits per heavy atom. The van der Waals surface area contributed by atoms with E-state index in [1.807, 2.05) is 87.7 Å². The fourth-order valence-corrected chi connectivity index (χ4v) is 10.5. The second-order valence-electron chi connectivity index (χ2n) is 19.6. The molecule has 2 aliphatic heterocycles. The van der Waals surface area contributed by atoms with Crippen molar-refractivity contribution in [2.45, 2.75) is 117 Å². The van der Waals surface area contributed by atoms with Gasteiger partial charge in [-0.3, -0.25) is 28.7 Å². The molecule has 2 fully saturated rings. The van der Waals surface area contributed by atoms with Crippen molar-refractivity contribution in [3.63, 3.8) is 0 Å². The number of pyridine rings is 1. The first-order valence-corrected chi connectivity index (χ1v) is 25.1. The molecule has 18 nitrogen and oxygen atoms in total. The monoisotopic (exact) mass is 1020 g/mol. The molecule has 20 heteroatoms. The highest BCUT2D eigenvalue weighted by molar-refractivity contribution is 7.15. The van der Waals surface area contributed by atoms with Gasteiger partial charge in [-0.05, 0) is 62.4 Å². The van der Waals surface area contributed by atoms with Crippen molar-refractivity contribution >= 4 is 52.3 Å². The van der Waals surface area contributed by atoms with E-state index < -0.39 is 54.0 Å². The molecule has 0 spiro atoms. The molecular formula is C52H57ClN10O8S. The smallest absolute Gasteiger partial charge is 0.258 e. The van der Waals surface area contributed by atoms with E-state index in [1.54, 1.807) is 23.5 Å². The summed E-state index contributed by atoms with van der Waals surface area (Å²) in [5.41, 5.74) is 5.50. The number of thiophene rings is 1. The third-order valence-corrected chi connectivity index (χ3v) is 14.7. The lowest BCUT2D eigenvalue weighted by Crippen LogP contribution is -2.58. The number of hydrogen-bond donors (Lipinski definition) is 4. The van der Waals surface area contributed by atoms with Crippen molar-refractivity contribution in [1.82, 2.24) is 45.6 Å². The molecule has 3 aliphatic rings. The maximum atomic E-state index is 14.1. The van der Waals surface area contributed by atoms with Crippen LogP contribution in [0.3, 0.4) is 0 Å². The lowest BCUT2D eigenvalue weighted by atomic mass is 9.85. The molecule has 4 atom stereocenters. The fraction of sp³-hybridized carbons (Fsp3) is 0.404. The number of β-amino-alcohol motifs (C(OH)–C–C–N with tert-alkyl or cyclic N) is 1. The maximum absolute atomic E-state index is 14.1. The first-order chi connectivity index (χ1) is 34.4. The number of hydrogen-bond acceptors (Lipinski definition) is 14. The largest absolute Gasteiger partial charge is 0.482 e. The van der Waals surface area contributed by atoms with Gasteiger partial charge in [-0.2, -0.15) is 0 Å². The molecule has 4 amide bonds. The Morgan fingerprint density at radius 3 is 2.35 bits per heavy atom. The average molecular weight is 1020 g/mol. The Labute approximate surface area is 425 Å². The van der Waals surface area contributed by atoms with E-state index >= 15 is 0 Å². The van der Waals surface area contributed by atoms with Crippen molar-refractivity contribution < 1.29 is 38.2 Å². The van der Waals surface area contributed by atoms with Gasteiger partial charge in [0.2, 0.25) is 23.6 Å². The molecule has 4 N–H and O–H groups in total. The summed E-state index contributed by atoms with van der Waals surface area (Å²) in [6, 6.07) is 15.7. The summed E-state index contributed by atoms with van der Waals surface area (Å²) in [4.78, 5) is 70.7. The minimum absolute atomic E-state index is 0.0531. The van der Waals surface area contributed by atoms with Gasteiger partial charge in [-0.25, -0.2) is 9.97 Å². The van der Waals surface area contributed by atoms with Crippen LogP contribution < -0.4 is 25.4 Å². The lowest BCUT2D eigenvalue weighted by molar-refractivity contribution is -0.144. The summed E-state index contributed by atoms with van der Waals surface area (Å²) in [6.45, 7) is 13.1. The van der Waals surface area contributed by atoms with Gasteiger partial charge < -0.3 is 39.8 Å². The molecule has 1 saturated heterocycles. The number of aliphatic imine (C=N–C) groups is 1. The summed E-state index contributed by atoms with van der Waals surface area (Å²) in [6.07, 6.45) is 3.05. The topological polar surface area (TPSA) is 228 Å². The Hall–Kier alpha value is -6.96. The zero-order valence-electron chi connectivity index (χ0n) is 41.1. The van der Waals surface area contributed by atoms with E-state index in [0.717, 1.165) is 54.9 Å². The van der Waals surface area contributed by atoms with Crippen molar-refractivity contribution in [2.75, 3.05) is 13.2 Å². The number of aryl methyl sites for hydroxylation is 3. The Morgan fingerprint density at radius 2 is 1.67 bits per heavy atom. The number of benzene rings is 2. The summed E-state index contributed by atoms with van der Waals surface area (Å²) < 4.78 is 19.3. The van der Waals surface area contributed by atoms with Crippen LogP contribution in [0, 0.1) is 33.1 Å². The molecule has 2 aromatic carbocycles. The molecule has 6 heterocycles. The van der Waals surface area contributed by atoms with Crippen LogP contribution in [0.2, 0.25) is 5.02 Å². The molecule has 72 heavy (non-hydrogen) atoms. The molecule has 0 radical (unpaired) electrons. The summed E-state index contributed by atoms with van der Waals surface area (Å²) in [5, 5.41) is 30.0. The quantitative estimate of drug-likeness (QED) is 0.0869. The van der Waals surface area contributed by atoms with Gasteiger partial charge in [0.15, 0.2) is 24.6 Å². The van der Waals surface area contributed by atoms with Crippen molar-refractivity contribution in [3.8, 4) is 28.0 Å². The molecule has 1 aliphatic carbocycles. The number of carbonyl (C=O) groups excluding carboxylic acids is 4. The van der Waals surface area contributed by atoms with E-state index in [4.69, 9.17) is 30.5 Å². The molecule has 1 saturated carbocycles. The number of halogens is 1. The number of fused-ring (bicyclic) bond motifs is 3. The predicted molar refractivity (Wildman–Crippen MR) is 269 cm³/mol. The second-order valence-corrected chi connectivity index (χ2v) is 21.3. The van der Waals surface area contributed by atoms with Crippen LogP contribution in [0.1, 0.15) is 97.0 Å². The molecule has 0 bridgehead atoms. The number of aliphatic hydroxyl groups is 1. The Kier molecular flexibility index (Phi) is 14.3. The van der Waals surface area contributed by atoms with Crippen molar-refractivity contribution in [1.29, 1.82) is 0 Å². The number of likely N-dealkylation sites (tertiary alicyclic amines) is 1. The van der Waals surface area contributed by atoms with Gasteiger partial charge in [-0.1, -0.05) is 68.8 Å². The van der Waals surface area contributed by atoms with Gasteiger partial charge in [0.25, 0.3) is 5.91 Å². The molecular weight excluding hydrogens is 960 g/mol. The zero-order valence-corrected chi connectivity index (χ0v) is 42.6. The molecule has 4 aromatic heterocycles. The molecule has 6 aromatic rings. The fourth-order valence-electron chi connectivity index (χ4n) is 9.20. The van der Waals surface area contributed by atoms with E-state index in [2.05, 4.69) is 50.0 Å². The van der Waals surface area contributed by atoms with Gasteiger partial charge >= 0.3 is 0 Å². The third kappa shape index (κ3) is 10.8. The zero-order chi connectivity index (χ0) is 51.0. The Bertz CT molecular complexity index is 3010. The van der Waals surface area contributed by atoms with E-state index in [1.165, 1.54) is 17.5 Å². The summed E-state index contributed by atoms with van der Waals surface area (Å²) in [5.74, 6) is 1.06. The predicted octanol–water partition coefficient (Wildman–Crippen LogP) is 6.46. The standard InChI is InChI=1S/C52H57ClN10O8S/c1-27-29(3)72-51-44(27)45(32-12-14-34(53)15-13-32)58-39(48-61-60-30(4)63(48)51)21-41(65)57-35-18-38(19-35)71-43-17-16-37(23-54-43)69-25-42(66)59-47(52(5,6)7)50(68)62-24-36(64)20-40(62)49(67)55-22-31-8-10-33(11-9-31)46-28(2)56-26-70-46/h8-17,23,26,35-36,38-40,47,64H,18-22,24-25H2,1-7H3,(H,55,67)(H,57,65)(H,59,66)/t35?,36-,38?,39+,40+,47-/m1/s1. The minimum atomic E-state index is -1.03. The Balaban J connectivity index is 0.744. The second kappa shape index (κ2) is 20.6. The van der Waals surface area contributed by atoms with Crippen LogP contribution in [-0.4, -0.2) is 108 Å². The normalized spacial score (nSPS) is 19.8. The number of amides is 4. The van der Waals surface area contributed by atoms with Gasteiger partial charge in [-0.15, -0.1) is 21.5 Å². The van der Waals surface area contributed by atoms with Crippen LogP contribution in [0.5, 0.6) is 11.6 Å². The van der Waals surface area contributed by atoms with Crippen LogP contribution in [0.25, 0.3) is 16.3 Å². The SMILES string of the molecule is Cc1ncoc1-c1ccc(CNC(=O)[C@@H]2C[C@@H](O)CN2C(=O)[C@@H](NC(=O)COc2ccc(OC3CC(NC(=O)C[C@@H]4N=C(c5ccc(Cl)cc5)c5c(sc(C)c5C)-n5c(C)nnc54)C3)nc2)C(C)(C)C)cc1. The number of aromatic nitrogens is 5. The summed E-state index contributed by atoms with van der Waals surface area (Å²) in [7, 11) is 0. The molecule has 0 unspecified atom stereocenters. The van der Waals surface area contributed by atoms with Crippen LogP contribution in [0.15, 0.2) is 82.7 Å². The molecule has 376 valence electrons. The van der Waals surface area contributed by atoms with Gasteiger partial charge in [0, 0.05) is 71.1 Å². The van der Waals surface area contributed by atoms with Crippen molar-refractivity contribution in [3.05, 3.63) is 123 Å². The minimum Gasteiger partial charge on any atom is -0.482 e.